The molecule has 0 spiro atoms. The summed E-state index contributed by atoms with van der Waals surface area (Å²) in [5.41, 5.74) is 1.14. The van der Waals surface area contributed by atoms with Crippen molar-refractivity contribution < 1.29 is 9.59 Å². The number of nitrogens with zero attached hydrogens (tertiary/aromatic N) is 2. The predicted octanol–water partition coefficient (Wildman–Crippen LogP) is 12.5. The number of rotatable bonds is 40. The maximum atomic E-state index is 13.2. The van der Waals surface area contributed by atoms with Crippen LogP contribution in [0.5, 0.6) is 0 Å². The van der Waals surface area contributed by atoms with Crippen LogP contribution in [0, 0.1) is 17.8 Å². The lowest BCUT2D eigenvalue weighted by Gasteiger charge is -2.28. The first kappa shape index (κ1) is 51.4. The van der Waals surface area contributed by atoms with Gasteiger partial charge in [-0.25, -0.2) is 0 Å². The number of hydrogen-bond acceptors (Lipinski definition) is 4. The van der Waals surface area contributed by atoms with Crippen molar-refractivity contribution in [2.45, 2.75) is 215 Å². The van der Waals surface area contributed by atoms with Gasteiger partial charge < -0.3 is 15.5 Å². The molecule has 3 unspecified atom stereocenters. The van der Waals surface area contributed by atoms with E-state index in [1.807, 2.05) is 11.9 Å². The van der Waals surface area contributed by atoms with Crippen molar-refractivity contribution in [3.05, 3.63) is 12.3 Å². The van der Waals surface area contributed by atoms with Crippen molar-refractivity contribution in [2.75, 3.05) is 46.3 Å². The fourth-order valence-corrected chi connectivity index (χ4v) is 7.36. The van der Waals surface area contributed by atoms with Crippen LogP contribution >= 0.6 is 0 Å². The third-order valence-electron chi connectivity index (χ3n) is 11.6. The second kappa shape index (κ2) is 37.4. The molecule has 0 rings (SSSR count). The molecule has 2 N–H and O–H groups in total. The van der Waals surface area contributed by atoms with Gasteiger partial charge in [0, 0.05) is 63.8 Å². The maximum absolute atomic E-state index is 13.2. The Balaban J connectivity index is 4.75. The molecule has 0 aromatic carbocycles. The minimum absolute atomic E-state index is 0.0578. The molecule has 3 atom stereocenters. The summed E-state index contributed by atoms with van der Waals surface area (Å²) in [5, 5.41) is 6.86. The SMILES string of the molecule is C=C(NCCN(CCNC(=O)C(C)CCCCCCCCCC)CCN(C)C(=O)C(C)CCCCCCCCCC)C(C)CCCCCCCCCC. The van der Waals surface area contributed by atoms with Gasteiger partial charge in [-0.05, 0) is 25.2 Å². The standard InChI is InChI=1S/C47H94N4O2/c1-9-12-15-18-21-24-27-30-33-42(4)45(7)48-36-38-51(39-37-49-46(52)43(5)34-31-28-25-22-19-16-13-10-2)41-40-50(8)47(53)44(6)35-32-29-26-23-20-17-14-11-3/h42-44,48H,7,9-41H2,1-6,8H3,(H,49,52). The molecule has 314 valence electrons. The first-order chi connectivity index (χ1) is 25.7. The Morgan fingerprint density at radius 1 is 0.472 bits per heavy atom. The van der Waals surface area contributed by atoms with Crippen molar-refractivity contribution in [1.82, 2.24) is 20.4 Å². The zero-order chi connectivity index (χ0) is 39.4. The molecule has 53 heavy (non-hydrogen) atoms. The van der Waals surface area contributed by atoms with Gasteiger partial charge in [0.25, 0.3) is 0 Å². The number of likely N-dealkylation sites (N-methyl/N-ethyl adjacent to an activating group) is 1. The fraction of sp³-hybridized carbons (Fsp3) is 0.915. The van der Waals surface area contributed by atoms with Crippen LogP contribution in [0.3, 0.4) is 0 Å². The molecule has 0 fully saturated rings. The molecule has 0 aromatic heterocycles. The number of hydrogen-bond donors (Lipinski definition) is 2. The van der Waals surface area contributed by atoms with Crippen LogP contribution in [-0.4, -0.2) is 67.9 Å². The zero-order valence-corrected chi connectivity index (χ0v) is 37.0. The van der Waals surface area contributed by atoms with Crippen molar-refractivity contribution in [3.8, 4) is 0 Å². The van der Waals surface area contributed by atoms with Crippen molar-refractivity contribution in [2.24, 2.45) is 17.8 Å². The van der Waals surface area contributed by atoms with E-state index in [-0.39, 0.29) is 23.7 Å². The van der Waals surface area contributed by atoms with Gasteiger partial charge in [0.1, 0.15) is 0 Å². The number of carbonyl (C=O) groups excluding carboxylic acids is 2. The maximum Gasteiger partial charge on any atom is 0.225 e. The van der Waals surface area contributed by atoms with E-state index in [0.29, 0.717) is 19.0 Å². The van der Waals surface area contributed by atoms with E-state index in [4.69, 9.17) is 0 Å². The van der Waals surface area contributed by atoms with Crippen molar-refractivity contribution in [3.63, 3.8) is 0 Å². The van der Waals surface area contributed by atoms with E-state index >= 15 is 0 Å². The van der Waals surface area contributed by atoms with Crippen LogP contribution in [0.1, 0.15) is 215 Å². The normalized spacial score (nSPS) is 13.2. The summed E-state index contributed by atoms with van der Waals surface area (Å²) in [6.07, 6.45) is 34.7. The van der Waals surface area contributed by atoms with Gasteiger partial charge >= 0.3 is 0 Å². The fourth-order valence-electron chi connectivity index (χ4n) is 7.36. The van der Waals surface area contributed by atoms with E-state index in [2.05, 4.69) is 63.7 Å². The molecular weight excluding hydrogens is 653 g/mol. The molecule has 0 saturated carbocycles. The largest absolute Gasteiger partial charge is 0.387 e. The van der Waals surface area contributed by atoms with Gasteiger partial charge in [-0.3, -0.25) is 14.5 Å². The highest BCUT2D eigenvalue weighted by molar-refractivity contribution is 5.78. The van der Waals surface area contributed by atoms with Crippen molar-refractivity contribution in [1.29, 1.82) is 0 Å². The van der Waals surface area contributed by atoms with E-state index < -0.39 is 0 Å². The van der Waals surface area contributed by atoms with E-state index in [9.17, 15) is 9.59 Å². The second-order valence-electron chi connectivity index (χ2n) is 16.8. The molecule has 0 aromatic rings. The highest BCUT2D eigenvalue weighted by Gasteiger charge is 2.19. The van der Waals surface area contributed by atoms with Gasteiger partial charge in [-0.2, -0.15) is 0 Å². The summed E-state index contributed by atoms with van der Waals surface area (Å²) >= 11 is 0. The third kappa shape index (κ3) is 31.4. The Labute approximate surface area is 332 Å². The molecule has 2 amide bonds. The second-order valence-corrected chi connectivity index (χ2v) is 16.8. The number of allylic oxidation sites excluding steroid dienone is 1. The summed E-state index contributed by atoms with van der Waals surface area (Å²) in [7, 11) is 1.96. The summed E-state index contributed by atoms with van der Waals surface area (Å²) in [5.74, 6) is 1.04. The molecule has 0 bridgehead atoms. The lowest BCUT2D eigenvalue weighted by atomic mass is 9.99. The van der Waals surface area contributed by atoms with Gasteiger partial charge in [-0.15, -0.1) is 0 Å². The Kier molecular flexibility index (Phi) is 36.3. The van der Waals surface area contributed by atoms with E-state index in [1.165, 1.54) is 148 Å². The van der Waals surface area contributed by atoms with Gasteiger partial charge in [0.2, 0.25) is 11.8 Å². The minimum Gasteiger partial charge on any atom is -0.387 e. The topological polar surface area (TPSA) is 64.7 Å². The number of nitrogens with one attached hydrogen (secondary N) is 2. The molecule has 0 saturated heterocycles. The number of amides is 2. The molecular formula is C47H94N4O2. The average Bonchev–Trinajstić information content (AvgIpc) is 3.15. The minimum atomic E-state index is 0.0578. The predicted molar refractivity (Wildman–Crippen MR) is 233 cm³/mol. The molecule has 6 heteroatoms. The number of unbranched alkanes of at least 4 members (excludes halogenated alkanes) is 21. The highest BCUT2D eigenvalue weighted by Crippen LogP contribution is 2.18. The first-order valence-corrected chi connectivity index (χ1v) is 23.3. The molecule has 0 heterocycles. The lowest BCUT2D eigenvalue weighted by molar-refractivity contribution is -0.134. The molecule has 0 radical (unpaired) electrons. The van der Waals surface area contributed by atoms with Crippen LogP contribution in [0.25, 0.3) is 0 Å². The van der Waals surface area contributed by atoms with E-state index in [1.54, 1.807) is 0 Å². The lowest BCUT2D eigenvalue weighted by Crippen LogP contribution is -2.44. The Morgan fingerprint density at radius 3 is 1.26 bits per heavy atom. The summed E-state index contributed by atoms with van der Waals surface area (Å²) in [6, 6.07) is 0. The van der Waals surface area contributed by atoms with Gasteiger partial charge in [-0.1, -0.05) is 202 Å². The van der Waals surface area contributed by atoms with Gasteiger partial charge in [0.05, 0.1) is 0 Å². The first-order valence-electron chi connectivity index (χ1n) is 23.3. The van der Waals surface area contributed by atoms with Gasteiger partial charge in [0.15, 0.2) is 0 Å². The van der Waals surface area contributed by atoms with Crippen molar-refractivity contribution >= 4 is 11.8 Å². The average molecular weight is 747 g/mol. The summed E-state index contributed by atoms with van der Waals surface area (Å²) in [6.45, 7) is 22.3. The van der Waals surface area contributed by atoms with Crippen LogP contribution in [-0.2, 0) is 9.59 Å². The van der Waals surface area contributed by atoms with Crippen LogP contribution in [0.15, 0.2) is 12.3 Å². The molecule has 6 nitrogen and oxygen atoms in total. The molecule has 0 aliphatic rings. The summed E-state index contributed by atoms with van der Waals surface area (Å²) < 4.78 is 0. The smallest absolute Gasteiger partial charge is 0.225 e. The Morgan fingerprint density at radius 2 is 0.830 bits per heavy atom. The number of carbonyl (C=O) groups is 2. The highest BCUT2D eigenvalue weighted by atomic mass is 16.2. The Bertz CT molecular complexity index is 804. The van der Waals surface area contributed by atoms with Crippen LogP contribution in [0.4, 0.5) is 0 Å². The Hall–Kier alpha value is -1.56. The van der Waals surface area contributed by atoms with Crippen LogP contribution < -0.4 is 10.6 Å². The van der Waals surface area contributed by atoms with Crippen LogP contribution in [0.2, 0.25) is 0 Å². The van der Waals surface area contributed by atoms with E-state index in [0.717, 1.165) is 57.6 Å². The quantitative estimate of drug-likeness (QED) is 0.0613. The monoisotopic (exact) mass is 747 g/mol. The zero-order valence-electron chi connectivity index (χ0n) is 37.0. The third-order valence-corrected chi connectivity index (χ3v) is 11.6. The molecule has 0 aliphatic heterocycles. The molecule has 0 aliphatic carbocycles. The summed E-state index contributed by atoms with van der Waals surface area (Å²) in [4.78, 5) is 30.5.